The third kappa shape index (κ3) is 3.92. The van der Waals surface area contributed by atoms with Crippen molar-refractivity contribution in [1.29, 1.82) is 0 Å². The molecule has 3 rings (SSSR count). The summed E-state index contributed by atoms with van der Waals surface area (Å²) in [5.41, 5.74) is 0.489. The number of carbonyl (C=O) groups excluding carboxylic acids is 1. The highest BCUT2D eigenvalue weighted by atomic mass is 16.1. The molecule has 0 aliphatic carbocycles. The Morgan fingerprint density at radius 3 is 2.73 bits per heavy atom. The Labute approximate surface area is 130 Å². The molecular formula is C16H21N5O. The molecule has 2 aromatic heterocycles. The molecule has 0 aromatic carbocycles. The standard InChI is InChI=1S/C16H21N5O/c22-16(15-4-1-2-7-17-15)19-14-5-10-20(11-6-14)12-13-21-9-3-8-18-21/h1-4,7-9,14H,5-6,10-13H2,(H,19,22). The molecule has 1 aliphatic heterocycles. The van der Waals surface area contributed by atoms with Gasteiger partial charge in [0, 0.05) is 44.3 Å². The number of pyridine rings is 1. The molecular weight excluding hydrogens is 278 g/mol. The number of piperidine rings is 1. The predicted octanol–water partition coefficient (Wildman–Crippen LogP) is 1.17. The minimum absolute atomic E-state index is 0.0735. The second-order valence-electron chi connectivity index (χ2n) is 5.57. The van der Waals surface area contributed by atoms with Crippen molar-refractivity contribution in [1.82, 2.24) is 25.0 Å². The molecule has 3 heterocycles. The number of hydrogen-bond acceptors (Lipinski definition) is 4. The van der Waals surface area contributed by atoms with Crippen LogP contribution in [0.1, 0.15) is 23.3 Å². The monoisotopic (exact) mass is 299 g/mol. The van der Waals surface area contributed by atoms with Crippen LogP contribution in [0.25, 0.3) is 0 Å². The Morgan fingerprint density at radius 1 is 1.18 bits per heavy atom. The molecule has 0 radical (unpaired) electrons. The highest BCUT2D eigenvalue weighted by Gasteiger charge is 2.21. The van der Waals surface area contributed by atoms with E-state index in [0.29, 0.717) is 5.69 Å². The Bertz CT molecular complexity index is 576. The van der Waals surface area contributed by atoms with Crippen LogP contribution in [-0.2, 0) is 6.54 Å². The first-order valence-electron chi connectivity index (χ1n) is 7.73. The molecule has 1 saturated heterocycles. The molecule has 1 fully saturated rings. The van der Waals surface area contributed by atoms with Crippen molar-refractivity contribution >= 4 is 5.91 Å². The normalized spacial score (nSPS) is 16.5. The first-order chi connectivity index (χ1) is 10.8. The lowest BCUT2D eigenvalue weighted by molar-refractivity contribution is 0.0905. The second kappa shape index (κ2) is 7.17. The van der Waals surface area contributed by atoms with Gasteiger partial charge in [-0.1, -0.05) is 6.07 Å². The van der Waals surface area contributed by atoms with E-state index in [0.717, 1.165) is 39.0 Å². The molecule has 2 aromatic rings. The average Bonchev–Trinajstić information content (AvgIpc) is 3.08. The van der Waals surface area contributed by atoms with Gasteiger partial charge in [-0.05, 0) is 31.0 Å². The number of rotatable bonds is 5. The lowest BCUT2D eigenvalue weighted by atomic mass is 10.0. The van der Waals surface area contributed by atoms with Gasteiger partial charge in [0.15, 0.2) is 0 Å². The van der Waals surface area contributed by atoms with Gasteiger partial charge in [-0.3, -0.25) is 14.5 Å². The average molecular weight is 299 g/mol. The summed E-state index contributed by atoms with van der Waals surface area (Å²) < 4.78 is 1.95. The lowest BCUT2D eigenvalue weighted by Crippen LogP contribution is -2.45. The van der Waals surface area contributed by atoms with Gasteiger partial charge < -0.3 is 10.2 Å². The van der Waals surface area contributed by atoms with Crippen LogP contribution in [-0.4, -0.2) is 51.2 Å². The third-order valence-electron chi connectivity index (χ3n) is 4.02. The van der Waals surface area contributed by atoms with Gasteiger partial charge in [0.2, 0.25) is 0 Å². The number of likely N-dealkylation sites (tertiary alicyclic amines) is 1. The van der Waals surface area contributed by atoms with Crippen molar-refractivity contribution in [3.05, 3.63) is 48.5 Å². The fraction of sp³-hybridized carbons (Fsp3) is 0.438. The van der Waals surface area contributed by atoms with E-state index >= 15 is 0 Å². The van der Waals surface area contributed by atoms with Crippen LogP contribution in [0.5, 0.6) is 0 Å². The first kappa shape index (κ1) is 14.7. The van der Waals surface area contributed by atoms with Gasteiger partial charge in [0.05, 0.1) is 6.54 Å². The van der Waals surface area contributed by atoms with E-state index in [4.69, 9.17) is 0 Å². The summed E-state index contributed by atoms with van der Waals surface area (Å²) in [5.74, 6) is -0.0735. The van der Waals surface area contributed by atoms with E-state index in [1.165, 1.54) is 0 Å². The number of amides is 1. The Hall–Kier alpha value is -2.21. The van der Waals surface area contributed by atoms with Crippen LogP contribution in [0.15, 0.2) is 42.9 Å². The summed E-state index contributed by atoms with van der Waals surface area (Å²) in [4.78, 5) is 18.6. The highest BCUT2D eigenvalue weighted by Crippen LogP contribution is 2.11. The third-order valence-corrected chi connectivity index (χ3v) is 4.02. The Morgan fingerprint density at radius 2 is 2.05 bits per heavy atom. The lowest BCUT2D eigenvalue weighted by Gasteiger charge is -2.32. The van der Waals surface area contributed by atoms with Gasteiger partial charge in [-0.25, -0.2) is 0 Å². The van der Waals surface area contributed by atoms with Crippen LogP contribution >= 0.6 is 0 Å². The summed E-state index contributed by atoms with van der Waals surface area (Å²) in [5, 5.41) is 7.29. The van der Waals surface area contributed by atoms with Crippen LogP contribution in [0.3, 0.4) is 0 Å². The summed E-state index contributed by atoms with van der Waals surface area (Å²) in [7, 11) is 0. The van der Waals surface area contributed by atoms with E-state index in [2.05, 4.69) is 20.3 Å². The number of hydrogen-bond donors (Lipinski definition) is 1. The van der Waals surface area contributed by atoms with Gasteiger partial charge in [0.25, 0.3) is 5.91 Å². The van der Waals surface area contributed by atoms with E-state index < -0.39 is 0 Å². The minimum Gasteiger partial charge on any atom is -0.348 e. The van der Waals surface area contributed by atoms with Gasteiger partial charge in [-0.15, -0.1) is 0 Å². The van der Waals surface area contributed by atoms with Gasteiger partial charge >= 0.3 is 0 Å². The SMILES string of the molecule is O=C(NC1CCN(CCn2cccn2)CC1)c1ccccn1. The van der Waals surface area contributed by atoms with Crippen molar-refractivity contribution in [3.63, 3.8) is 0 Å². The van der Waals surface area contributed by atoms with Gasteiger partial charge in [0.1, 0.15) is 5.69 Å². The zero-order valence-electron chi connectivity index (χ0n) is 12.6. The van der Waals surface area contributed by atoms with E-state index in [1.807, 2.05) is 29.1 Å². The molecule has 0 unspecified atom stereocenters. The molecule has 0 spiro atoms. The van der Waals surface area contributed by atoms with Gasteiger partial charge in [-0.2, -0.15) is 5.10 Å². The molecule has 22 heavy (non-hydrogen) atoms. The zero-order valence-corrected chi connectivity index (χ0v) is 12.6. The molecule has 0 saturated carbocycles. The highest BCUT2D eigenvalue weighted by molar-refractivity contribution is 5.92. The van der Waals surface area contributed by atoms with Crippen LogP contribution in [0, 0.1) is 0 Å². The maximum Gasteiger partial charge on any atom is 0.270 e. The summed E-state index contributed by atoms with van der Waals surface area (Å²) in [6.45, 7) is 3.93. The number of carbonyl (C=O) groups is 1. The molecule has 1 amide bonds. The predicted molar refractivity (Wildman–Crippen MR) is 83.4 cm³/mol. The van der Waals surface area contributed by atoms with Crippen LogP contribution in [0.2, 0.25) is 0 Å². The topological polar surface area (TPSA) is 63.1 Å². The second-order valence-corrected chi connectivity index (χ2v) is 5.57. The maximum absolute atomic E-state index is 12.1. The minimum atomic E-state index is -0.0735. The molecule has 0 bridgehead atoms. The van der Waals surface area contributed by atoms with Crippen molar-refractivity contribution in [3.8, 4) is 0 Å². The Kier molecular flexibility index (Phi) is 4.80. The van der Waals surface area contributed by atoms with Crippen molar-refractivity contribution < 1.29 is 4.79 Å². The van der Waals surface area contributed by atoms with Crippen LogP contribution < -0.4 is 5.32 Å². The summed E-state index contributed by atoms with van der Waals surface area (Å²) >= 11 is 0. The van der Waals surface area contributed by atoms with Crippen molar-refractivity contribution in [2.45, 2.75) is 25.4 Å². The molecule has 1 N–H and O–H groups in total. The molecule has 6 nitrogen and oxygen atoms in total. The summed E-state index contributed by atoms with van der Waals surface area (Å²) in [6, 6.07) is 7.58. The zero-order chi connectivity index (χ0) is 15.2. The molecule has 1 aliphatic rings. The van der Waals surface area contributed by atoms with Crippen molar-refractivity contribution in [2.75, 3.05) is 19.6 Å². The maximum atomic E-state index is 12.1. The van der Waals surface area contributed by atoms with Crippen LogP contribution in [0.4, 0.5) is 0 Å². The van der Waals surface area contributed by atoms with E-state index in [1.54, 1.807) is 18.5 Å². The molecule has 6 heteroatoms. The number of aromatic nitrogens is 3. The number of nitrogens with zero attached hydrogens (tertiary/aromatic N) is 4. The largest absolute Gasteiger partial charge is 0.348 e. The quantitative estimate of drug-likeness (QED) is 0.900. The fourth-order valence-corrected chi connectivity index (χ4v) is 2.73. The first-order valence-corrected chi connectivity index (χ1v) is 7.73. The Balaban J connectivity index is 1.41. The number of nitrogens with one attached hydrogen (secondary N) is 1. The van der Waals surface area contributed by atoms with E-state index in [9.17, 15) is 4.79 Å². The van der Waals surface area contributed by atoms with Crippen molar-refractivity contribution in [2.24, 2.45) is 0 Å². The molecule has 0 atom stereocenters. The molecule has 116 valence electrons. The van der Waals surface area contributed by atoms with E-state index in [-0.39, 0.29) is 11.9 Å². The fourth-order valence-electron chi connectivity index (χ4n) is 2.73. The smallest absolute Gasteiger partial charge is 0.270 e. The summed E-state index contributed by atoms with van der Waals surface area (Å²) in [6.07, 6.45) is 7.40.